The second kappa shape index (κ2) is 7.59. The monoisotopic (exact) mass is 296 g/mol. The van der Waals surface area contributed by atoms with Crippen LogP contribution in [0.5, 0.6) is 0 Å². The molecular formula is C14H16O5S. The maximum absolute atomic E-state index is 11.6. The molecule has 1 aromatic rings. The fraction of sp³-hybridized carbons (Fsp3) is 0.286. The Morgan fingerprint density at radius 3 is 2.45 bits per heavy atom. The zero-order valence-corrected chi connectivity index (χ0v) is 12.3. The van der Waals surface area contributed by atoms with Crippen LogP contribution in [-0.2, 0) is 19.1 Å². The van der Waals surface area contributed by atoms with Crippen LogP contribution >= 0.6 is 11.8 Å². The number of methoxy groups -OCH3 is 2. The summed E-state index contributed by atoms with van der Waals surface area (Å²) in [7, 11) is 2.55. The highest BCUT2D eigenvalue weighted by Gasteiger charge is 2.20. The highest BCUT2D eigenvalue weighted by atomic mass is 32.2. The summed E-state index contributed by atoms with van der Waals surface area (Å²) in [6.45, 7) is 1.70. The molecule has 0 amide bonds. The van der Waals surface area contributed by atoms with Crippen LogP contribution in [0.4, 0.5) is 0 Å². The molecule has 6 heteroatoms. The van der Waals surface area contributed by atoms with E-state index in [9.17, 15) is 14.7 Å². The molecule has 0 aliphatic rings. The first-order valence-electron chi connectivity index (χ1n) is 5.81. The first-order valence-corrected chi connectivity index (χ1v) is 6.69. The van der Waals surface area contributed by atoms with Crippen LogP contribution in [0.3, 0.4) is 0 Å². The van der Waals surface area contributed by atoms with Crippen LogP contribution in [-0.4, -0.2) is 36.5 Å². The molecule has 1 atom stereocenters. The van der Waals surface area contributed by atoms with Gasteiger partial charge < -0.3 is 14.6 Å². The smallest absolute Gasteiger partial charge is 0.341 e. The number of thioether (sulfide) groups is 1. The Morgan fingerprint density at radius 2 is 1.90 bits per heavy atom. The molecule has 0 fully saturated rings. The molecule has 0 aliphatic carbocycles. The number of rotatable bonds is 5. The highest BCUT2D eigenvalue weighted by molar-refractivity contribution is 8.00. The molecule has 0 aromatic heterocycles. The lowest BCUT2D eigenvalue weighted by Crippen LogP contribution is -2.15. The number of hydrogen-bond donors (Lipinski definition) is 1. The molecule has 5 nitrogen and oxygen atoms in total. The number of ether oxygens (including phenoxy) is 2. The van der Waals surface area contributed by atoms with Crippen molar-refractivity contribution in [3.05, 3.63) is 36.1 Å². The number of benzene rings is 1. The lowest BCUT2D eigenvalue weighted by molar-refractivity contribution is -0.139. The van der Waals surface area contributed by atoms with Crippen LogP contribution in [0, 0.1) is 0 Å². The number of aliphatic hydroxyl groups is 1. The predicted octanol–water partition coefficient (Wildman–Crippen LogP) is 2.41. The maximum atomic E-state index is 11.6. The Morgan fingerprint density at radius 1 is 1.25 bits per heavy atom. The molecular weight excluding hydrogens is 280 g/mol. The van der Waals surface area contributed by atoms with E-state index in [1.807, 2.05) is 0 Å². The van der Waals surface area contributed by atoms with E-state index in [4.69, 9.17) is 0 Å². The van der Waals surface area contributed by atoms with E-state index >= 15 is 0 Å². The van der Waals surface area contributed by atoms with E-state index in [-0.39, 0.29) is 11.5 Å². The Hall–Kier alpha value is -1.95. The number of esters is 2. The molecule has 0 bridgehead atoms. The zero-order valence-electron chi connectivity index (χ0n) is 11.5. The summed E-state index contributed by atoms with van der Waals surface area (Å²) in [5.41, 5.74) is 0.537. The average molecular weight is 296 g/mol. The third-order valence-electron chi connectivity index (χ3n) is 2.55. The first-order chi connectivity index (χ1) is 9.54. The fourth-order valence-electron chi connectivity index (χ4n) is 1.54. The molecule has 1 rings (SSSR count). The van der Waals surface area contributed by atoms with Gasteiger partial charge in [-0.25, -0.2) is 4.79 Å². The lowest BCUT2D eigenvalue weighted by Gasteiger charge is -2.13. The van der Waals surface area contributed by atoms with E-state index in [2.05, 4.69) is 9.47 Å². The topological polar surface area (TPSA) is 72.8 Å². The van der Waals surface area contributed by atoms with Gasteiger partial charge in [-0.2, -0.15) is 0 Å². The largest absolute Gasteiger partial charge is 0.515 e. The van der Waals surface area contributed by atoms with Gasteiger partial charge in [0.25, 0.3) is 0 Å². The van der Waals surface area contributed by atoms with Crippen molar-refractivity contribution in [1.82, 2.24) is 0 Å². The van der Waals surface area contributed by atoms with Crippen molar-refractivity contribution in [2.24, 2.45) is 0 Å². The summed E-state index contributed by atoms with van der Waals surface area (Å²) in [5, 5.41) is 8.80. The second-order valence-corrected chi connectivity index (χ2v) is 5.20. The Bertz CT molecular complexity index is 524. The van der Waals surface area contributed by atoms with Crippen LogP contribution in [0.15, 0.2) is 35.4 Å². The normalized spacial score (nSPS) is 12.7. The van der Waals surface area contributed by atoms with E-state index in [1.54, 1.807) is 31.2 Å². The van der Waals surface area contributed by atoms with Crippen LogP contribution in [0.25, 0.3) is 5.57 Å². The third kappa shape index (κ3) is 3.77. The SMILES string of the molecule is COC(=O)C(=CO)c1ccccc1SC(C)C(=O)OC. The van der Waals surface area contributed by atoms with Crippen LogP contribution < -0.4 is 0 Å². The minimum absolute atomic E-state index is 0.0349. The molecule has 1 aromatic carbocycles. The quantitative estimate of drug-likeness (QED) is 0.389. The van der Waals surface area contributed by atoms with E-state index in [0.29, 0.717) is 16.7 Å². The summed E-state index contributed by atoms with van der Waals surface area (Å²) in [4.78, 5) is 23.8. The summed E-state index contributed by atoms with van der Waals surface area (Å²) in [6, 6.07) is 6.94. The van der Waals surface area contributed by atoms with Gasteiger partial charge in [-0.1, -0.05) is 18.2 Å². The molecule has 108 valence electrons. The van der Waals surface area contributed by atoms with Crippen molar-refractivity contribution in [3.63, 3.8) is 0 Å². The van der Waals surface area contributed by atoms with Crippen molar-refractivity contribution in [3.8, 4) is 0 Å². The summed E-state index contributed by atoms with van der Waals surface area (Å²) < 4.78 is 9.28. The zero-order chi connectivity index (χ0) is 15.1. The van der Waals surface area contributed by atoms with Crippen molar-refractivity contribution in [2.75, 3.05) is 14.2 Å². The number of carbonyl (C=O) groups excluding carboxylic acids is 2. The molecule has 0 spiro atoms. The van der Waals surface area contributed by atoms with Gasteiger partial charge >= 0.3 is 11.9 Å². The first kappa shape index (κ1) is 16.1. The molecule has 0 aliphatic heterocycles. The van der Waals surface area contributed by atoms with Crippen molar-refractivity contribution >= 4 is 29.3 Å². The predicted molar refractivity (Wildman–Crippen MR) is 76.4 cm³/mol. The Labute approximate surface area is 121 Å². The van der Waals surface area contributed by atoms with Gasteiger partial charge in [-0.15, -0.1) is 11.8 Å². The van der Waals surface area contributed by atoms with Gasteiger partial charge in [0.2, 0.25) is 0 Å². The lowest BCUT2D eigenvalue weighted by atomic mass is 10.1. The Kier molecular flexibility index (Phi) is 6.11. The van der Waals surface area contributed by atoms with Gasteiger partial charge in [-0.05, 0) is 13.0 Å². The second-order valence-electron chi connectivity index (χ2n) is 3.81. The molecule has 1 N–H and O–H groups in total. The minimum Gasteiger partial charge on any atom is -0.515 e. The van der Waals surface area contributed by atoms with E-state index in [0.717, 1.165) is 0 Å². The Balaban J connectivity index is 3.11. The van der Waals surface area contributed by atoms with Crippen molar-refractivity contribution in [1.29, 1.82) is 0 Å². The standard InChI is InChI=1S/C14H16O5S/c1-9(13(16)18-2)20-12-7-5-4-6-10(12)11(8-15)14(17)19-3/h4-9,15H,1-3H3. The molecule has 0 saturated heterocycles. The van der Waals surface area contributed by atoms with E-state index < -0.39 is 11.2 Å². The number of hydrogen-bond acceptors (Lipinski definition) is 6. The van der Waals surface area contributed by atoms with Crippen LogP contribution in [0.1, 0.15) is 12.5 Å². The highest BCUT2D eigenvalue weighted by Crippen LogP contribution is 2.31. The maximum Gasteiger partial charge on any atom is 0.341 e. The summed E-state index contributed by atoms with van der Waals surface area (Å²) in [6.07, 6.45) is 0.702. The van der Waals surface area contributed by atoms with Gasteiger partial charge in [0.1, 0.15) is 10.8 Å². The van der Waals surface area contributed by atoms with Gasteiger partial charge in [0, 0.05) is 10.5 Å². The van der Waals surface area contributed by atoms with E-state index in [1.165, 1.54) is 26.0 Å². The average Bonchev–Trinajstić information content (AvgIpc) is 2.48. The van der Waals surface area contributed by atoms with Gasteiger partial charge in [0.05, 0.1) is 20.5 Å². The van der Waals surface area contributed by atoms with Crippen molar-refractivity contribution < 1.29 is 24.2 Å². The third-order valence-corrected chi connectivity index (χ3v) is 3.70. The number of carbonyl (C=O) groups is 2. The summed E-state index contributed by atoms with van der Waals surface area (Å²) >= 11 is 1.24. The fourth-order valence-corrected chi connectivity index (χ4v) is 2.57. The van der Waals surface area contributed by atoms with Gasteiger partial charge in [0.15, 0.2) is 0 Å². The van der Waals surface area contributed by atoms with Crippen molar-refractivity contribution in [2.45, 2.75) is 17.1 Å². The number of aliphatic hydroxyl groups excluding tert-OH is 1. The molecule has 1 unspecified atom stereocenters. The minimum atomic E-state index is -0.647. The molecule has 0 saturated carbocycles. The summed E-state index contributed by atoms with van der Waals surface area (Å²) in [5.74, 6) is -1.01. The molecule has 0 radical (unpaired) electrons. The van der Waals surface area contributed by atoms with Gasteiger partial charge in [-0.3, -0.25) is 4.79 Å². The molecule has 20 heavy (non-hydrogen) atoms. The van der Waals surface area contributed by atoms with Crippen LogP contribution in [0.2, 0.25) is 0 Å². The molecule has 0 heterocycles.